The number of aliphatic hydroxyl groups is 3. The zero-order valence-corrected chi connectivity index (χ0v) is 18.9. The van der Waals surface area contributed by atoms with E-state index in [4.69, 9.17) is 0 Å². The Balaban J connectivity index is 2.07. The van der Waals surface area contributed by atoms with Crippen LogP contribution in [0, 0.1) is 35.0 Å². The predicted octanol–water partition coefficient (Wildman–Crippen LogP) is 4.78. The molecule has 0 aromatic carbocycles. The van der Waals surface area contributed by atoms with Gasteiger partial charge in [0.25, 0.3) is 0 Å². The van der Waals surface area contributed by atoms with E-state index in [1.54, 1.807) is 13.8 Å². The second kappa shape index (κ2) is 9.65. The van der Waals surface area contributed by atoms with Crippen LogP contribution >= 0.6 is 0 Å². The molecule has 0 aromatic rings. The van der Waals surface area contributed by atoms with Crippen LogP contribution in [-0.2, 0) is 0 Å². The number of hydrogen-bond acceptors (Lipinski definition) is 3. The van der Waals surface area contributed by atoms with Gasteiger partial charge in [0, 0.05) is 12.8 Å². The SMILES string of the molecule is C=C1/C(=C\C=C\C2CCCC([C@H](C)CC#CC(C)(C)O)C2(C)C)C[C@@H](O)C[C@@H]1O. The first-order valence-corrected chi connectivity index (χ1v) is 11.1. The summed E-state index contributed by atoms with van der Waals surface area (Å²) >= 11 is 0. The molecule has 0 radical (unpaired) electrons. The third-order valence-corrected chi connectivity index (χ3v) is 6.85. The average molecular weight is 401 g/mol. The maximum Gasteiger partial charge on any atom is 0.119 e. The second-order valence-corrected chi connectivity index (χ2v) is 10.2. The summed E-state index contributed by atoms with van der Waals surface area (Å²) in [6, 6.07) is 0. The van der Waals surface area contributed by atoms with E-state index in [-0.39, 0.29) is 5.41 Å². The summed E-state index contributed by atoms with van der Waals surface area (Å²) in [4.78, 5) is 0. The Morgan fingerprint density at radius 3 is 2.62 bits per heavy atom. The summed E-state index contributed by atoms with van der Waals surface area (Å²) < 4.78 is 0. The minimum atomic E-state index is -0.926. The maximum atomic E-state index is 10.0. The van der Waals surface area contributed by atoms with E-state index in [9.17, 15) is 15.3 Å². The molecule has 0 aromatic heterocycles. The highest BCUT2D eigenvalue weighted by Gasteiger charge is 2.41. The lowest BCUT2D eigenvalue weighted by molar-refractivity contribution is 0.0496. The third-order valence-electron chi connectivity index (χ3n) is 6.85. The van der Waals surface area contributed by atoms with E-state index in [1.165, 1.54) is 19.3 Å². The molecule has 0 amide bonds. The van der Waals surface area contributed by atoms with E-state index < -0.39 is 17.8 Å². The van der Waals surface area contributed by atoms with Crippen LogP contribution in [0.3, 0.4) is 0 Å². The summed E-state index contributed by atoms with van der Waals surface area (Å²) in [6.07, 6.45) is 10.7. The highest BCUT2D eigenvalue weighted by atomic mass is 16.3. The Morgan fingerprint density at radius 2 is 1.97 bits per heavy atom. The normalized spacial score (nSPS) is 32.8. The smallest absolute Gasteiger partial charge is 0.119 e. The standard InChI is InChI=1S/C26H40O3/c1-18(10-9-15-25(3,4)29)23-14-8-13-21(26(23,5)6)12-7-11-20-16-22(27)17-24(28)19(20)2/h7,11-12,18,21-24,27-29H,2,8,10,13-14,16-17H2,1,3-6H3/b12-7+,20-11-/t18-,21?,22-,23?,24+/m1/s1. The fraction of sp³-hybridized carbons (Fsp3) is 0.692. The molecule has 2 saturated carbocycles. The average Bonchev–Trinajstić information content (AvgIpc) is 2.58. The van der Waals surface area contributed by atoms with Gasteiger partial charge in [-0.2, -0.15) is 0 Å². The first-order chi connectivity index (χ1) is 13.4. The van der Waals surface area contributed by atoms with E-state index in [0.29, 0.717) is 30.6 Å². The molecule has 2 rings (SSSR count). The lowest BCUT2D eigenvalue weighted by Gasteiger charge is -2.47. The van der Waals surface area contributed by atoms with Crippen molar-refractivity contribution >= 4 is 0 Å². The number of allylic oxidation sites excluding steroid dienone is 3. The topological polar surface area (TPSA) is 60.7 Å². The van der Waals surface area contributed by atoms with Gasteiger partial charge < -0.3 is 15.3 Å². The van der Waals surface area contributed by atoms with Gasteiger partial charge in [-0.1, -0.05) is 57.9 Å². The van der Waals surface area contributed by atoms with Crippen molar-refractivity contribution in [2.24, 2.45) is 23.2 Å². The van der Waals surface area contributed by atoms with Crippen molar-refractivity contribution in [1.82, 2.24) is 0 Å². The molecule has 2 unspecified atom stereocenters. The summed E-state index contributed by atoms with van der Waals surface area (Å²) in [5.74, 6) is 7.69. The van der Waals surface area contributed by atoms with Crippen molar-refractivity contribution in [2.75, 3.05) is 0 Å². The first kappa shape index (κ1) is 23.9. The van der Waals surface area contributed by atoms with Crippen LogP contribution in [0.15, 0.2) is 36.0 Å². The number of aliphatic hydroxyl groups excluding tert-OH is 2. The fourth-order valence-electron chi connectivity index (χ4n) is 5.07. The van der Waals surface area contributed by atoms with E-state index in [2.05, 4.69) is 51.3 Å². The minimum Gasteiger partial charge on any atom is -0.393 e. The van der Waals surface area contributed by atoms with Crippen LogP contribution in [0.2, 0.25) is 0 Å². The Hall–Kier alpha value is -1.34. The van der Waals surface area contributed by atoms with Crippen molar-refractivity contribution in [2.45, 2.75) is 91.0 Å². The molecule has 2 aliphatic carbocycles. The number of rotatable bonds is 4. The van der Waals surface area contributed by atoms with Crippen molar-refractivity contribution in [3.63, 3.8) is 0 Å². The molecule has 0 saturated heterocycles. The number of hydrogen-bond donors (Lipinski definition) is 3. The molecule has 0 aliphatic heterocycles. The molecular formula is C26H40O3. The molecule has 3 heteroatoms. The Morgan fingerprint density at radius 1 is 1.28 bits per heavy atom. The first-order valence-electron chi connectivity index (χ1n) is 11.1. The van der Waals surface area contributed by atoms with Gasteiger partial charge in [-0.05, 0) is 67.4 Å². The van der Waals surface area contributed by atoms with Gasteiger partial charge in [0.1, 0.15) is 5.60 Å². The summed E-state index contributed by atoms with van der Waals surface area (Å²) in [7, 11) is 0. The molecule has 2 aliphatic rings. The Labute approximate surface area is 177 Å². The molecular weight excluding hydrogens is 360 g/mol. The molecule has 2 fully saturated rings. The lowest BCUT2D eigenvalue weighted by Crippen LogP contribution is -2.38. The van der Waals surface area contributed by atoms with Gasteiger partial charge in [0.15, 0.2) is 0 Å². The van der Waals surface area contributed by atoms with Crippen LogP contribution in [0.1, 0.15) is 73.1 Å². The third kappa shape index (κ3) is 6.57. The molecule has 0 spiro atoms. The van der Waals surface area contributed by atoms with Crippen molar-refractivity contribution < 1.29 is 15.3 Å². The second-order valence-electron chi connectivity index (χ2n) is 10.2. The Bertz CT molecular complexity index is 696. The molecule has 162 valence electrons. The van der Waals surface area contributed by atoms with Gasteiger partial charge in [-0.15, -0.1) is 5.92 Å². The highest BCUT2D eigenvalue weighted by Crippen LogP contribution is 2.49. The summed E-state index contributed by atoms with van der Waals surface area (Å²) in [6.45, 7) is 14.5. The highest BCUT2D eigenvalue weighted by molar-refractivity contribution is 5.37. The van der Waals surface area contributed by atoms with Gasteiger partial charge in [-0.25, -0.2) is 0 Å². The van der Waals surface area contributed by atoms with E-state index in [1.807, 2.05) is 6.08 Å². The van der Waals surface area contributed by atoms with Gasteiger partial charge in [-0.3, -0.25) is 0 Å². The van der Waals surface area contributed by atoms with Crippen LogP contribution < -0.4 is 0 Å². The van der Waals surface area contributed by atoms with Gasteiger partial charge in [0.2, 0.25) is 0 Å². The molecule has 0 heterocycles. The van der Waals surface area contributed by atoms with Crippen LogP contribution in [0.25, 0.3) is 0 Å². The quantitative estimate of drug-likeness (QED) is 0.595. The van der Waals surface area contributed by atoms with Crippen LogP contribution in [0.5, 0.6) is 0 Å². The Kier molecular flexibility index (Phi) is 7.96. The molecule has 0 bridgehead atoms. The van der Waals surface area contributed by atoms with Crippen molar-refractivity contribution in [3.05, 3.63) is 36.0 Å². The zero-order valence-electron chi connectivity index (χ0n) is 18.9. The summed E-state index contributed by atoms with van der Waals surface area (Å²) in [5.41, 5.74) is 0.934. The molecule has 3 N–H and O–H groups in total. The molecule has 5 atom stereocenters. The van der Waals surface area contributed by atoms with E-state index in [0.717, 1.165) is 17.6 Å². The lowest BCUT2D eigenvalue weighted by atomic mass is 9.58. The zero-order chi connectivity index (χ0) is 21.8. The largest absolute Gasteiger partial charge is 0.393 e. The summed E-state index contributed by atoms with van der Waals surface area (Å²) in [5, 5.41) is 29.8. The molecule has 3 nitrogen and oxygen atoms in total. The van der Waals surface area contributed by atoms with Crippen molar-refractivity contribution in [3.8, 4) is 11.8 Å². The monoisotopic (exact) mass is 400 g/mol. The fourth-order valence-corrected chi connectivity index (χ4v) is 5.07. The minimum absolute atomic E-state index is 0.172. The maximum absolute atomic E-state index is 10.0. The van der Waals surface area contributed by atoms with Gasteiger partial charge >= 0.3 is 0 Å². The van der Waals surface area contributed by atoms with Crippen LogP contribution in [-0.4, -0.2) is 33.1 Å². The molecule has 29 heavy (non-hydrogen) atoms. The predicted molar refractivity (Wildman–Crippen MR) is 120 cm³/mol. The van der Waals surface area contributed by atoms with Crippen molar-refractivity contribution in [1.29, 1.82) is 0 Å². The van der Waals surface area contributed by atoms with Crippen LogP contribution in [0.4, 0.5) is 0 Å². The van der Waals surface area contributed by atoms with E-state index >= 15 is 0 Å². The van der Waals surface area contributed by atoms with Gasteiger partial charge in [0.05, 0.1) is 12.2 Å².